The predicted molar refractivity (Wildman–Crippen MR) is 82.8 cm³/mol. The molecule has 0 aromatic heterocycles. The van der Waals surface area contributed by atoms with Gasteiger partial charge < -0.3 is 9.64 Å². The van der Waals surface area contributed by atoms with Crippen molar-refractivity contribution in [1.29, 1.82) is 0 Å². The highest BCUT2D eigenvalue weighted by Gasteiger charge is 2.42. The van der Waals surface area contributed by atoms with Crippen LogP contribution in [0.4, 0.5) is 0 Å². The van der Waals surface area contributed by atoms with Crippen LogP contribution in [0.2, 0.25) is 0 Å². The molecular weight excluding hydrogens is 264 g/mol. The first-order valence-corrected chi connectivity index (χ1v) is 8.94. The molecule has 120 valence electrons. The molecule has 0 radical (unpaired) electrons. The fourth-order valence-electron chi connectivity index (χ4n) is 3.81. The van der Waals surface area contributed by atoms with Gasteiger partial charge in [0.25, 0.3) is 0 Å². The van der Waals surface area contributed by atoms with Gasteiger partial charge in [0.05, 0.1) is 18.8 Å². The number of carbonyl (C=O) groups is 1. The van der Waals surface area contributed by atoms with E-state index in [0.717, 1.165) is 31.9 Å². The number of nitrogens with one attached hydrogen (secondary N) is 1. The minimum atomic E-state index is 0.0454. The molecule has 1 saturated heterocycles. The molecular formula is C17H30N2O2. The van der Waals surface area contributed by atoms with Crippen molar-refractivity contribution in [3.8, 4) is 0 Å². The molecule has 0 aromatic carbocycles. The second kappa shape index (κ2) is 7.10. The number of rotatable bonds is 8. The van der Waals surface area contributed by atoms with E-state index in [2.05, 4.69) is 17.1 Å². The van der Waals surface area contributed by atoms with Crippen LogP contribution in [0.25, 0.3) is 0 Å². The minimum absolute atomic E-state index is 0.0454. The van der Waals surface area contributed by atoms with Crippen LogP contribution < -0.4 is 5.32 Å². The van der Waals surface area contributed by atoms with Gasteiger partial charge in [0.1, 0.15) is 0 Å². The van der Waals surface area contributed by atoms with E-state index in [1.165, 1.54) is 38.5 Å². The lowest BCUT2D eigenvalue weighted by Crippen LogP contribution is -2.44. The summed E-state index contributed by atoms with van der Waals surface area (Å²) in [6, 6.07) is 0.0454. The Bertz CT molecular complexity index is 351. The number of nitrogens with zero attached hydrogens (tertiary/aromatic N) is 1. The van der Waals surface area contributed by atoms with Crippen LogP contribution in [-0.2, 0) is 9.53 Å². The van der Waals surface area contributed by atoms with Crippen molar-refractivity contribution in [3.63, 3.8) is 0 Å². The molecule has 21 heavy (non-hydrogen) atoms. The van der Waals surface area contributed by atoms with Crippen LogP contribution in [0, 0.1) is 11.8 Å². The Morgan fingerprint density at radius 1 is 1.24 bits per heavy atom. The lowest BCUT2D eigenvalue weighted by atomic mass is 10.0. The van der Waals surface area contributed by atoms with E-state index in [1.807, 2.05) is 0 Å². The lowest BCUT2D eigenvalue weighted by molar-refractivity contribution is -0.131. The van der Waals surface area contributed by atoms with Crippen LogP contribution in [0.15, 0.2) is 0 Å². The summed E-state index contributed by atoms with van der Waals surface area (Å²) in [4.78, 5) is 14.7. The molecule has 2 saturated carbocycles. The molecule has 2 unspecified atom stereocenters. The fourth-order valence-corrected chi connectivity index (χ4v) is 3.81. The van der Waals surface area contributed by atoms with Crippen molar-refractivity contribution >= 4 is 5.91 Å². The van der Waals surface area contributed by atoms with E-state index in [9.17, 15) is 4.79 Å². The average Bonchev–Trinajstić information content (AvgIpc) is 3.04. The highest BCUT2D eigenvalue weighted by molar-refractivity contribution is 5.84. The van der Waals surface area contributed by atoms with Crippen molar-refractivity contribution in [2.45, 2.75) is 70.5 Å². The molecule has 1 amide bonds. The zero-order chi connectivity index (χ0) is 14.7. The summed E-state index contributed by atoms with van der Waals surface area (Å²) >= 11 is 0. The van der Waals surface area contributed by atoms with E-state index in [-0.39, 0.29) is 12.2 Å². The molecule has 0 spiro atoms. The third kappa shape index (κ3) is 3.78. The van der Waals surface area contributed by atoms with Gasteiger partial charge in [0.2, 0.25) is 5.91 Å². The van der Waals surface area contributed by atoms with Gasteiger partial charge in [-0.1, -0.05) is 26.2 Å². The summed E-state index contributed by atoms with van der Waals surface area (Å²) in [7, 11) is 0. The summed E-state index contributed by atoms with van der Waals surface area (Å²) in [6.45, 7) is 4.51. The number of carbonyl (C=O) groups excluding carboxylic acids is 1. The molecule has 2 atom stereocenters. The maximum absolute atomic E-state index is 12.6. The largest absolute Gasteiger partial charge is 0.379 e. The Balaban J connectivity index is 1.53. The van der Waals surface area contributed by atoms with Crippen molar-refractivity contribution in [1.82, 2.24) is 10.2 Å². The van der Waals surface area contributed by atoms with Crippen LogP contribution in [0.1, 0.15) is 58.3 Å². The van der Waals surface area contributed by atoms with Crippen LogP contribution in [0.5, 0.6) is 0 Å². The first-order chi connectivity index (χ1) is 10.3. The number of amides is 1. The lowest BCUT2D eigenvalue weighted by Gasteiger charge is -2.29. The minimum Gasteiger partial charge on any atom is -0.379 e. The first kappa shape index (κ1) is 15.3. The normalized spacial score (nSPS) is 30.5. The third-order valence-electron chi connectivity index (χ3n) is 5.24. The van der Waals surface area contributed by atoms with E-state index in [0.29, 0.717) is 18.4 Å². The van der Waals surface area contributed by atoms with E-state index < -0.39 is 0 Å². The summed E-state index contributed by atoms with van der Waals surface area (Å²) < 4.78 is 5.75. The molecule has 1 heterocycles. The maximum Gasteiger partial charge on any atom is 0.241 e. The van der Waals surface area contributed by atoms with Gasteiger partial charge in [-0.3, -0.25) is 10.1 Å². The Morgan fingerprint density at radius 2 is 2.00 bits per heavy atom. The van der Waals surface area contributed by atoms with Gasteiger partial charge in [-0.15, -0.1) is 0 Å². The van der Waals surface area contributed by atoms with Crippen LogP contribution in [-0.4, -0.2) is 42.8 Å². The van der Waals surface area contributed by atoms with Crippen LogP contribution in [0.3, 0.4) is 0 Å². The molecule has 0 bridgehead atoms. The third-order valence-corrected chi connectivity index (χ3v) is 5.24. The van der Waals surface area contributed by atoms with Crippen molar-refractivity contribution in [3.05, 3.63) is 0 Å². The topological polar surface area (TPSA) is 41.6 Å². The summed E-state index contributed by atoms with van der Waals surface area (Å²) in [6.07, 6.45) is 10.1. The highest BCUT2D eigenvalue weighted by Crippen LogP contribution is 2.32. The summed E-state index contributed by atoms with van der Waals surface area (Å²) in [5.74, 6) is 1.76. The van der Waals surface area contributed by atoms with Gasteiger partial charge in [-0.2, -0.15) is 0 Å². The van der Waals surface area contributed by atoms with E-state index in [1.54, 1.807) is 0 Å². The van der Waals surface area contributed by atoms with E-state index in [4.69, 9.17) is 4.74 Å². The van der Waals surface area contributed by atoms with Gasteiger partial charge in [0, 0.05) is 13.2 Å². The van der Waals surface area contributed by atoms with Gasteiger partial charge in [-0.05, 0) is 43.9 Å². The fraction of sp³-hybridized carbons (Fsp3) is 0.941. The van der Waals surface area contributed by atoms with Crippen molar-refractivity contribution in [2.24, 2.45) is 11.8 Å². The second-order valence-electron chi connectivity index (χ2n) is 7.05. The zero-order valence-corrected chi connectivity index (χ0v) is 13.4. The number of ether oxygens (including phenoxy) is 1. The summed E-state index contributed by atoms with van der Waals surface area (Å²) in [5.41, 5.74) is 0. The van der Waals surface area contributed by atoms with Crippen molar-refractivity contribution < 1.29 is 9.53 Å². The molecule has 3 fully saturated rings. The quantitative estimate of drug-likeness (QED) is 0.699. The monoisotopic (exact) mass is 294 g/mol. The first-order valence-electron chi connectivity index (χ1n) is 8.94. The second-order valence-corrected chi connectivity index (χ2v) is 7.05. The smallest absolute Gasteiger partial charge is 0.241 e. The molecule has 4 heteroatoms. The van der Waals surface area contributed by atoms with Gasteiger partial charge >= 0.3 is 0 Å². The number of hydrogen-bond acceptors (Lipinski definition) is 3. The highest BCUT2D eigenvalue weighted by atomic mass is 16.5. The average molecular weight is 294 g/mol. The maximum atomic E-state index is 12.6. The predicted octanol–water partition coefficient (Wildman–Crippen LogP) is 2.53. The standard InChI is InChI=1S/C17H30N2O2/c1-2-5-15-17(20)19(10-11-21-12-13-8-9-13)16(18-15)14-6-3-4-7-14/h13-16,18H,2-12H2,1H3. The Labute approximate surface area is 128 Å². The molecule has 3 rings (SSSR count). The Hall–Kier alpha value is -0.610. The Kier molecular flexibility index (Phi) is 5.17. The SMILES string of the molecule is CCCC1NC(C2CCCC2)N(CCOCC2CC2)C1=O. The zero-order valence-electron chi connectivity index (χ0n) is 13.4. The molecule has 3 aliphatic rings. The van der Waals surface area contributed by atoms with Crippen LogP contribution >= 0.6 is 0 Å². The molecule has 1 N–H and O–H groups in total. The van der Waals surface area contributed by atoms with Gasteiger partial charge in [0.15, 0.2) is 0 Å². The number of hydrogen-bond donors (Lipinski definition) is 1. The Morgan fingerprint density at radius 3 is 2.67 bits per heavy atom. The molecule has 4 nitrogen and oxygen atoms in total. The van der Waals surface area contributed by atoms with Crippen molar-refractivity contribution in [2.75, 3.05) is 19.8 Å². The van der Waals surface area contributed by atoms with Gasteiger partial charge in [-0.25, -0.2) is 0 Å². The summed E-state index contributed by atoms with van der Waals surface area (Å²) in [5, 5.41) is 3.62. The van der Waals surface area contributed by atoms with E-state index >= 15 is 0 Å². The molecule has 2 aliphatic carbocycles. The molecule has 0 aromatic rings. The molecule has 1 aliphatic heterocycles.